The lowest BCUT2D eigenvalue weighted by molar-refractivity contribution is 0.587. The number of hydrogen-bond acceptors (Lipinski definition) is 2. The molecule has 0 heterocycles. The molecule has 0 saturated carbocycles. The van der Waals surface area contributed by atoms with Gasteiger partial charge in [-0.15, -0.1) is 11.6 Å². The Labute approximate surface area is 86.6 Å². The van der Waals surface area contributed by atoms with E-state index in [-0.39, 0.29) is 0 Å². The van der Waals surface area contributed by atoms with Crippen LogP contribution in [0.2, 0.25) is 0 Å². The van der Waals surface area contributed by atoms with Crippen LogP contribution in [-0.4, -0.2) is 25.8 Å². The summed E-state index contributed by atoms with van der Waals surface area (Å²) < 4.78 is 22.6. The maximum absolute atomic E-state index is 11.3. The molecule has 0 spiro atoms. The van der Waals surface area contributed by atoms with E-state index in [4.69, 9.17) is 11.6 Å². The van der Waals surface area contributed by atoms with E-state index >= 15 is 0 Å². The molecule has 0 aliphatic rings. The molecule has 0 aromatic carbocycles. The van der Waals surface area contributed by atoms with Gasteiger partial charge in [-0.2, -0.15) is 0 Å². The van der Waals surface area contributed by atoms with Gasteiger partial charge in [0.05, 0.1) is 11.5 Å². The van der Waals surface area contributed by atoms with Crippen LogP contribution in [0.25, 0.3) is 0 Å². The molecule has 0 aliphatic heterocycles. The molecule has 0 aromatic rings. The fourth-order valence-electron chi connectivity index (χ4n) is 1.06. The van der Waals surface area contributed by atoms with Crippen molar-refractivity contribution in [1.29, 1.82) is 0 Å². The summed E-state index contributed by atoms with van der Waals surface area (Å²) in [7, 11) is -2.77. The van der Waals surface area contributed by atoms with Crippen molar-refractivity contribution in [2.24, 2.45) is 0 Å². The van der Waals surface area contributed by atoms with Crippen LogP contribution in [0.3, 0.4) is 0 Å². The van der Waals surface area contributed by atoms with Gasteiger partial charge in [-0.05, 0) is 19.3 Å². The van der Waals surface area contributed by atoms with E-state index < -0.39 is 9.84 Å². The minimum atomic E-state index is -2.77. The molecule has 0 fully saturated rings. The lowest BCUT2D eigenvalue weighted by atomic mass is 10.3. The third-order valence-corrected chi connectivity index (χ3v) is 3.99. The first-order valence-electron chi connectivity index (χ1n) is 4.89. The fourth-order valence-corrected chi connectivity index (χ4v) is 2.83. The highest BCUT2D eigenvalue weighted by molar-refractivity contribution is 7.91. The van der Waals surface area contributed by atoms with Gasteiger partial charge in [-0.3, -0.25) is 0 Å². The minimum absolute atomic E-state index is 0.337. The van der Waals surface area contributed by atoms with Gasteiger partial charge < -0.3 is 0 Å². The summed E-state index contributed by atoms with van der Waals surface area (Å²) in [6, 6.07) is 0. The smallest absolute Gasteiger partial charge is 0.150 e. The molecule has 0 amide bonds. The summed E-state index contributed by atoms with van der Waals surface area (Å²) in [6.07, 6.45) is 4.34. The molecule has 0 rings (SSSR count). The van der Waals surface area contributed by atoms with Crippen molar-refractivity contribution in [3.63, 3.8) is 0 Å². The number of sulfone groups is 1. The van der Waals surface area contributed by atoms with Gasteiger partial charge in [0.25, 0.3) is 0 Å². The van der Waals surface area contributed by atoms with E-state index in [0.29, 0.717) is 17.4 Å². The molecule has 80 valence electrons. The summed E-state index contributed by atoms with van der Waals surface area (Å²) in [4.78, 5) is 0. The molecule has 0 radical (unpaired) electrons. The van der Waals surface area contributed by atoms with Crippen molar-refractivity contribution < 1.29 is 8.42 Å². The molecule has 4 heteroatoms. The number of hydrogen-bond donors (Lipinski definition) is 0. The molecule has 0 saturated heterocycles. The molecular weight excluding hydrogens is 208 g/mol. The maximum atomic E-state index is 11.3. The van der Waals surface area contributed by atoms with Gasteiger partial charge in [0.15, 0.2) is 0 Å². The Morgan fingerprint density at radius 2 is 1.62 bits per heavy atom. The molecule has 0 aliphatic carbocycles. The highest BCUT2D eigenvalue weighted by Gasteiger charge is 2.08. The molecule has 0 atom stereocenters. The standard InChI is InChI=1S/C9H19ClO2S/c1-2-3-8-13(11,12)9-6-4-5-7-10/h2-9H2,1H3. The summed E-state index contributed by atoms with van der Waals surface area (Å²) in [6.45, 7) is 2.00. The van der Waals surface area contributed by atoms with Gasteiger partial charge >= 0.3 is 0 Å². The monoisotopic (exact) mass is 226 g/mol. The molecule has 13 heavy (non-hydrogen) atoms. The van der Waals surface area contributed by atoms with Crippen LogP contribution in [0.5, 0.6) is 0 Å². The summed E-state index contributed by atoms with van der Waals surface area (Å²) in [5.74, 6) is 1.32. The van der Waals surface area contributed by atoms with Crippen LogP contribution in [0.15, 0.2) is 0 Å². The second-order valence-corrected chi connectivity index (χ2v) is 5.94. The number of alkyl halides is 1. The predicted octanol–water partition coefficient (Wildman–Crippen LogP) is 2.61. The van der Waals surface area contributed by atoms with E-state index in [1.165, 1.54) is 0 Å². The van der Waals surface area contributed by atoms with E-state index in [1.54, 1.807) is 0 Å². The van der Waals surface area contributed by atoms with Gasteiger partial charge in [-0.1, -0.05) is 19.8 Å². The minimum Gasteiger partial charge on any atom is -0.229 e. The quantitative estimate of drug-likeness (QED) is 0.471. The van der Waals surface area contributed by atoms with Crippen LogP contribution >= 0.6 is 11.6 Å². The zero-order valence-electron chi connectivity index (χ0n) is 8.26. The zero-order valence-corrected chi connectivity index (χ0v) is 9.83. The Kier molecular flexibility index (Phi) is 7.77. The van der Waals surface area contributed by atoms with E-state index in [1.807, 2.05) is 6.92 Å². The summed E-state index contributed by atoms with van der Waals surface area (Å²) in [5, 5.41) is 0. The first-order valence-corrected chi connectivity index (χ1v) is 7.24. The Morgan fingerprint density at radius 3 is 2.15 bits per heavy atom. The summed E-state index contributed by atoms with van der Waals surface area (Å²) >= 11 is 5.49. The average Bonchev–Trinajstić information content (AvgIpc) is 2.09. The van der Waals surface area contributed by atoms with Crippen LogP contribution in [0.4, 0.5) is 0 Å². The normalized spacial score (nSPS) is 11.8. The Hall–Kier alpha value is 0.240. The average molecular weight is 227 g/mol. The highest BCUT2D eigenvalue weighted by atomic mass is 35.5. The van der Waals surface area contributed by atoms with E-state index in [9.17, 15) is 8.42 Å². The molecule has 0 aromatic heterocycles. The number of rotatable bonds is 8. The van der Waals surface area contributed by atoms with Crippen LogP contribution in [-0.2, 0) is 9.84 Å². The second kappa shape index (κ2) is 7.63. The lowest BCUT2D eigenvalue weighted by Gasteiger charge is -2.02. The Bertz CT molecular complexity index is 200. The van der Waals surface area contributed by atoms with Crippen LogP contribution in [0.1, 0.15) is 39.0 Å². The summed E-state index contributed by atoms with van der Waals surface area (Å²) in [5.41, 5.74) is 0. The molecular formula is C9H19ClO2S. The lowest BCUT2D eigenvalue weighted by Crippen LogP contribution is -2.10. The van der Waals surface area contributed by atoms with Crippen molar-refractivity contribution in [2.75, 3.05) is 17.4 Å². The van der Waals surface area contributed by atoms with Gasteiger partial charge in [-0.25, -0.2) is 8.42 Å². The largest absolute Gasteiger partial charge is 0.229 e. The van der Waals surface area contributed by atoms with Crippen LogP contribution < -0.4 is 0 Å². The first kappa shape index (κ1) is 13.2. The van der Waals surface area contributed by atoms with Gasteiger partial charge in [0, 0.05) is 5.88 Å². The van der Waals surface area contributed by atoms with Crippen molar-refractivity contribution in [2.45, 2.75) is 39.0 Å². The zero-order chi connectivity index (χ0) is 10.2. The maximum Gasteiger partial charge on any atom is 0.150 e. The number of halogens is 1. The van der Waals surface area contributed by atoms with Crippen LogP contribution in [0, 0.1) is 0 Å². The molecule has 0 N–H and O–H groups in total. The SMILES string of the molecule is CCCCS(=O)(=O)CCCCCCl. The van der Waals surface area contributed by atoms with Crippen molar-refractivity contribution >= 4 is 21.4 Å². The molecule has 0 bridgehead atoms. The molecule has 2 nitrogen and oxygen atoms in total. The van der Waals surface area contributed by atoms with Crippen molar-refractivity contribution in [1.82, 2.24) is 0 Å². The van der Waals surface area contributed by atoms with Gasteiger partial charge in [0.2, 0.25) is 0 Å². The molecule has 0 unspecified atom stereocenters. The van der Waals surface area contributed by atoms with E-state index in [0.717, 1.165) is 32.1 Å². The fraction of sp³-hybridized carbons (Fsp3) is 1.00. The van der Waals surface area contributed by atoms with Crippen molar-refractivity contribution in [3.8, 4) is 0 Å². The Morgan fingerprint density at radius 1 is 1.00 bits per heavy atom. The third kappa shape index (κ3) is 8.57. The topological polar surface area (TPSA) is 34.1 Å². The van der Waals surface area contributed by atoms with E-state index in [2.05, 4.69) is 0 Å². The van der Waals surface area contributed by atoms with Crippen molar-refractivity contribution in [3.05, 3.63) is 0 Å². The third-order valence-electron chi connectivity index (χ3n) is 1.90. The predicted molar refractivity (Wildman–Crippen MR) is 58.1 cm³/mol. The van der Waals surface area contributed by atoms with Gasteiger partial charge in [0.1, 0.15) is 9.84 Å². The second-order valence-electron chi connectivity index (χ2n) is 3.26. The number of unbranched alkanes of at least 4 members (excludes halogenated alkanes) is 3. The first-order chi connectivity index (χ1) is 6.12. The highest BCUT2D eigenvalue weighted by Crippen LogP contribution is 2.03. The Balaban J connectivity index is 3.52.